The molecule has 0 spiro atoms. The van der Waals surface area contributed by atoms with Gasteiger partial charge in [0.1, 0.15) is 5.82 Å². The van der Waals surface area contributed by atoms with Crippen LogP contribution < -0.4 is 0 Å². The van der Waals surface area contributed by atoms with Crippen molar-refractivity contribution in [2.45, 2.75) is 44.4 Å². The maximum atomic E-state index is 13.4. The Kier molecular flexibility index (Phi) is 4.23. The fraction of sp³-hybridized carbons (Fsp3) is 0.562. The van der Waals surface area contributed by atoms with Crippen LogP contribution >= 0.6 is 0 Å². The number of benzene rings is 1. The average molecular weight is 263 g/mol. The van der Waals surface area contributed by atoms with Gasteiger partial charge in [0.05, 0.1) is 5.41 Å². The molecular formula is C16H22FNO. The second-order valence-electron chi connectivity index (χ2n) is 5.53. The summed E-state index contributed by atoms with van der Waals surface area (Å²) in [5.41, 5.74) is 0.372. The molecule has 19 heavy (non-hydrogen) atoms. The summed E-state index contributed by atoms with van der Waals surface area (Å²) in [4.78, 5) is 14.5. The highest BCUT2D eigenvalue weighted by molar-refractivity contribution is 5.89. The minimum absolute atomic E-state index is 0.151. The molecule has 2 nitrogen and oxygen atoms in total. The quantitative estimate of drug-likeness (QED) is 0.796. The summed E-state index contributed by atoms with van der Waals surface area (Å²) < 4.78 is 13.4. The predicted octanol–water partition coefficient (Wildman–Crippen LogP) is 3.51. The molecule has 1 amide bonds. The number of hydrogen-bond acceptors (Lipinski definition) is 1. The normalized spacial score (nSPS) is 16.8. The van der Waals surface area contributed by atoms with E-state index in [-0.39, 0.29) is 11.7 Å². The first-order valence-corrected chi connectivity index (χ1v) is 7.12. The molecule has 0 N–H and O–H groups in total. The number of carbonyl (C=O) groups is 1. The predicted molar refractivity (Wildman–Crippen MR) is 74.5 cm³/mol. The molecule has 0 bridgehead atoms. The van der Waals surface area contributed by atoms with Crippen LogP contribution in [0.15, 0.2) is 24.3 Å². The molecule has 0 atom stereocenters. The van der Waals surface area contributed by atoms with Crippen LogP contribution in [0, 0.1) is 5.82 Å². The third kappa shape index (κ3) is 2.65. The van der Waals surface area contributed by atoms with Crippen molar-refractivity contribution in [3.05, 3.63) is 35.6 Å². The van der Waals surface area contributed by atoms with E-state index >= 15 is 0 Å². The van der Waals surface area contributed by atoms with E-state index in [1.807, 2.05) is 18.0 Å². The fourth-order valence-corrected chi connectivity index (χ4v) is 2.80. The van der Waals surface area contributed by atoms with E-state index in [2.05, 4.69) is 6.92 Å². The Labute approximate surface area is 114 Å². The van der Waals surface area contributed by atoms with Crippen LogP contribution in [-0.4, -0.2) is 24.4 Å². The standard InChI is InChI=1S/C16H22FNO/c1-3-4-11-18(2)15(19)16(9-6-10-16)13-7-5-8-14(17)12-13/h5,7-8,12H,3-4,6,9-11H2,1-2H3. The van der Waals surface area contributed by atoms with E-state index in [1.165, 1.54) is 12.1 Å². The highest BCUT2D eigenvalue weighted by Crippen LogP contribution is 2.45. The molecule has 0 heterocycles. The van der Waals surface area contributed by atoms with Gasteiger partial charge in [-0.1, -0.05) is 31.9 Å². The highest BCUT2D eigenvalue weighted by atomic mass is 19.1. The molecule has 1 saturated carbocycles. The first-order chi connectivity index (χ1) is 9.10. The number of amides is 1. The lowest BCUT2D eigenvalue weighted by atomic mass is 9.63. The molecule has 0 aromatic heterocycles. The molecule has 1 aliphatic rings. The third-order valence-corrected chi connectivity index (χ3v) is 4.19. The molecule has 3 heteroatoms. The smallest absolute Gasteiger partial charge is 0.232 e. The van der Waals surface area contributed by atoms with E-state index in [0.717, 1.165) is 44.2 Å². The Morgan fingerprint density at radius 3 is 2.68 bits per heavy atom. The van der Waals surface area contributed by atoms with Crippen molar-refractivity contribution in [2.24, 2.45) is 0 Å². The summed E-state index contributed by atoms with van der Waals surface area (Å²) in [5, 5.41) is 0. The van der Waals surface area contributed by atoms with Gasteiger partial charge in [0.15, 0.2) is 0 Å². The van der Waals surface area contributed by atoms with E-state index in [4.69, 9.17) is 0 Å². The molecule has 0 saturated heterocycles. The number of nitrogens with zero attached hydrogens (tertiary/aromatic N) is 1. The lowest BCUT2D eigenvalue weighted by Gasteiger charge is -2.43. The lowest BCUT2D eigenvalue weighted by Crippen LogP contribution is -2.50. The summed E-state index contributed by atoms with van der Waals surface area (Å²) in [5.74, 6) is -0.106. The van der Waals surface area contributed by atoms with Crippen molar-refractivity contribution in [1.29, 1.82) is 0 Å². The first kappa shape index (κ1) is 14.0. The van der Waals surface area contributed by atoms with Gasteiger partial charge in [-0.05, 0) is 37.0 Å². The molecule has 1 aromatic carbocycles. The number of likely N-dealkylation sites (N-methyl/N-ethyl adjacent to an activating group) is 1. The minimum atomic E-state index is -0.468. The van der Waals surface area contributed by atoms with Crippen molar-refractivity contribution in [2.75, 3.05) is 13.6 Å². The zero-order valence-electron chi connectivity index (χ0n) is 11.8. The van der Waals surface area contributed by atoms with E-state index in [0.29, 0.717) is 0 Å². The third-order valence-electron chi connectivity index (χ3n) is 4.19. The van der Waals surface area contributed by atoms with Crippen molar-refractivity contribution < 1.29 is 9.18 Å². The Morgan fingerprint density at radius 2 is 2.16 bits per heavy atom. The van der Waals surface area contributed by atoms with Crippen molar-refractivity contribution in [3.8, 4) is 0 Å². The van der Waals surface area contributed by atoms with Crippen LogP contribution in [0.4, 0.5) is 4.39 Å². The number of carbonyl (C=O) groups excluding carboxylic acids is 1. The van der Waals surface area contributed by atoms with E-state index in [1.54, 1.807) is 6.07 Å². The summed E-state index contributed by atoms with van der Waals surface area (Å²) in [7, 11) is 1.86. The van der Waals surface area contributed by atoms with Gasteiger partial charge in [-0.2, -0.15) is 0 Å². The maximum Gasteiger partial charge on any atom is 0.232 e. The summed E-state index contributed by atoms with van der Waals surface area (Å²) in [6.45, 7) is 2.90. The minimum Gasteiger partial charge on any atom is -0.345 e. The van der Waals surface area contributed by atoms with Crippen LogP contribution in [0.2, 0.25) is 0 Å². The molecule has 1 aliphatic carbocycles. The van der Waals surface area contributed by atoms with Gasteiger partial charge in [-0.15, -0.1) is 0 Å². The van der Waals surface area contributed by atoms with Crippen molar-refractivity contribution >= 4 is 5.91 Å². The Hall–Kier alpha value is -1.38. The molecule has 0 aliphatic heterocycles. The summed E-state index contributed by atoms with van der Waals surface area (Å²) in [6, 6.07) is 6.53. The highest BCUT2D eigenvalue weighted by Gasteiger charge is 2.46. The first-order valence-electron chi connectivity index (χ1n) is 7.12. The zero-order chi connectivity index (χ0) is 13.9. The molecule has 1 aromatic rings. The maximum absolute atomic E-state index is 13.4. The van der Waals surface area contributed by atoms with Gasteiger partial charge in [0, 0.05) is 13.6 Å². The number of halogens is 1. The van der Waals surface area contributed by atoms with Gasteiger partial charge in [0.2, 0.25) is 5.91 Å². The monoisotopic (exact) mass is 263 g/mol. The summed E-state index contributed by atoms with van der Waals surface area (Å²) in [6.07, 6.45) is 4.81. The lowest BCUT2D eigenvalue weighted by molar-refractivity contribution is -0.139. The van der Waals surface area contributed by atoms with Crippen molar-refractivity contribution in [3.63, 3.8) is 0 Å². The number of unbranched alkanes of at least 4 members (excludes halogenated alkanes) is 1. The second-order valence-corrected chi connectivity index (χ2v) is 5.53. The van der Waals surface area contributed by atoms with Crippen LogP contribution in [0.5, 0.6) is 0 Å². The zero-order valence-corrected chi connectivity index (χ0v) is 11.8. The van der Waals surface area contributed by atoms with Gasteiger partial charge < -0.3 is 4.90 Å². The Morgan fingerprint density at radius 1 is 1.42 bits per heavy atom. The van der Waals surface area contributed by atoms with Gasteiger partial charge in [-0.3, -0.25) is 4.79 Å². The average Bonchev–Trinajstić information content (AvgIpc) is 2.34. The van der Waals surface area contributed by atoms with E-state index in [9.17, 15) is 9.18 Å². The second kappa shape index (κ2) is 5.72. The number of rotatable bonds is 5. The van der Waals surface area contributed by atoms with Crippen LogP contribution in [-0.2, 0) is 10.2 Å². The molecular weight excluding hydrogens is 241 g/mol. The molecule has 0 unspecified atom stereocenters. The topological polar surface area (TPSA) is 20.3 Å². The van der Waals surface area contributed by atoms with Crippen LogP contribution in [0.3, 0.4) is 0 Å². The molecule has 104 valence electrons. The van der Waals surface area contributed by atoms with Crippen LogP contribution in [0.1, 0.15) is 44.6 Å². The fourth-order valence-electron chi connectivity index (χ4n) is 2.80. The molecule has 2 rings (SSSR count). The van der Waals surface area contributed by atoms with Gasteiger partial charge in [-0.25, -0.2) is 4.39 Å². The van der Waals surface area contributed by atoms with Crippen LogP contribution in [0.25, 0.3) is 0 Å². The molecule has 1 fully saturated rings. The Bertz CT molecular complexity index is 454. The summed E-state index contributed by atoms with van der Waals surface area (Å²) >= 11 is 0. The number of hydrogen-bond donors (Lipinski definition) is 0. The molecule has 0 radical (unpaired) electrons. The Balaban J connectivity index is 2.20. The van der Waals surface area contributed by atoms with Gasteiger partial charge in [0.25, 0.3) is 0 Å². The largest absolute Gasteiger partial charge is 0.345 e. The van der Waals surface area contributed by atoms with Gasteiger partial charge >= 0.3 is 0 Å². The van der Waals surface area contributed by atoms with Crippen molar-refractivity contribution in [1.82, 2.24) is 4.90 Å². The van der Waals surface area contributed by atoms with E-state index < -0.39 is 5.41 Å². The SMILES string of the molecule is CCCCN(C)C(=O)C1(c2cccc(F)c2)CCC1.